The fourth-order valence-electron chi connectivity index (χ4n) is 3.19. The topological polar surface area (TPSA) is 33.6 Å². The van der Waals surface area contributed by atoms with Crippen molar-refractivity contribution >= 4 is 5.90 Å². The molecule has 0 saturated heterocycles. The van der Waals surface area contributed by atoms with Gasteiger partial charge in [0.15, 0.2) is 5.90 Å². The normalized spacial score (nSPS) is 21.3. The molecular weight excluding hydrogens is 248 g/mol. The molecule has 1 fully saturated rings. The molecule has 1 heterocycles. The molecule has 1 aromatic rings. The summed E-state index contributed by atoms with van der Waals surface area (Å²) in [6.45, 7) is 1.57. The standard InChI is InChI=1S/C17H24N2O/c1-3-7-14(8-4-1)16(13-17-18-11-12-20-17)19-15-9-5-2-6-10-15/h1,3-4,7-8,15-16,19H,2,5-6,9-13H2/t16-/m1/s1. The zero-order chi connectivity index (χ0) is 13.6. The van der Waals surface area contributed by atoms with Gasteiger partial charge in [-0.1, -0.05) is 49.6 Å². The summed E-state index contributed by atoms with van der Waals surface area (Å²) in [6, 6.07) is 11.7. The van der Waals surface area contributed by atoms with Crippen LogP contribution >= 0.6 is 0 Å². The smallest absolute Gasteiger partial charge is 0.185 e. The molecule has 3 rings (SSSR count). The third kappa shape index (κ3) is 3.60. The number of nitrogens with one attached hydrogen (secondary N) is 1. The van der Waals surface area contributed by atoms with E-state index in [1.807, 2.05) is 0 Å². The van der Waals surface area contributed by atoms with Crippen molar-refractivity contribution in [2.45, 2.75) is 50.6 Å². The van der Waals surface area contributed by atoms with Crippen LogP contribution in [0.4, 0.5) is 0 Å². The molecule has 0 bridgehead atoms. The molecule has 0 amide bonds. The molecule has 0 unspecified atom stereocenters. The van der Waals surface area contributed by atoms with E-state index >= 15 is 0 Å². The number of hydrogen-bond donors (Lipinski definition) is 1. The van der Waals surface area contributed by atoms with E-state index in [2.05, 4.69) is 40.6 Å². The lowest BCUT2D eigenvalue weighted by Crippen LogP contribution is -2.35. The fraction of sp³-hybridized carbons (Fsp3) is 0.588. The van der Waals surface area contributed by atoms with Crippen molar-refractivity contribution in [2.24, 2.45) is 4.99 Å². The minimum absolute atomic E-state index is 0.330. The van der Waals surface area contributed by atoms with Gasteiger partial charge < -0.3 is 10.1 Å². The number of rotatable bonds is 5. The maximum atomic E-state index is 5.60. The number of benzene rings is 1. The first-order valence-corrected chi connectivity index (χ1v) is 7.89. The highest BCUT2D eigenvalue weighted by Crippen LogP contribution is 2.24. The molecule has 0 aromatic heterocycles. The van der Waals surface area contributed by atoms with Crippen molar-refractivity contribution in [3.8, 4) is 0 Å². The van der Waals surface area contributed by atoms with Gasteiger partial charge in [0.1, 0.15) is 6.61 Å². The highest BCUT2D eigenvalue weighted by molar-refractivity contribution is 5.78. The maximum absolute atomic E-state index is 5.60. The average molecular weight is 272 g/mol. The van der Waals surface area contributed by atoms with E-state index in [0.29, 0.717) is 12.1 Å². The number of hydrogen-bond acceptors (Lipinski definition) is 3. The minimum atomic E-state index is 0.330. The second-order valence-corrected chi connectivity index (χ2v) is 5.79. The summed E-state index contributed by atoms with van der Waals surface area (Å²) in [5.41, 5.74) is 1.34. The van der Waals surface area contributed by atoms with Crippen LogP contribution in [-0.2, 0) is 4.74 Å². The molecule has 1 saturated carbocycles. The van der Waals surface area contributed by atoms with Gasteiger partial charge in [-0.05, 0) is 18.4 Å². The van der Waals surface area contributed by atoms with E-state index in [1.54, 1.807) is 0 Å². The molecule has 1 N–H and O–H groups in total. The Labute approximate surface area is 121 Å². The highest BCUT2D eigenvalue weighted by atomic mass is 16.5. The average Bonchev–Trinajstić information content (AvgIpc) is 3.02. The van der Waals surface area contributed by atoms with Crippen LogP contribution in [-0.4, -0.2) is 25.1 Å². The van der Waals surface area contributed by atoms with Gasteiger partial charge in [-0.3, -0.25) is 4.99 Å². The molecule has 0 radical (unpaired) electrons. The second kappa shape index (κ2) is 6.89. The third-order valence-corrected chi connectivity index (χ3v) is 4.27. The summed E-state index contributed by atoms with van der Waals surface area (Å²) >= 11 is 0. The first kappa shape index (κ1) is 13.6. The summed E-state index contributed by atoms with van der Waals surface area (Å²) < 4.78 is 5.60. The lowest BCUT2D eigenvalue weighted by Gasteiger charge is -2.28. The first-order chi connectivity index (χ1) is 9.92. The van der Waals surface area contributed by atoms with Crippen molar-refractivity contribution in [1.29, 1.82) is 0 Å². The van der Waals surface area contributed by atoms with Gasteiger partial charge in [0.25, 0.3) is 0 Å². The van der Waals surface area contributed by atoms with Crippen molar-refractivity contribution in [3.63, 3.8) is 0 Å². The molecule has 108 valence electrons. The van der Waals surface area contributed by atoms with Gasteiger partial charge in [-0.15, -0.1) is 0 Å². The Morgan fingerprint density at radius 2 is 1.95 bits per heavy atom. The van der Waals surface area contributed by atoms with Crippen molar-refractivity contribution in [3.05, 3.63) is 35.9 Å². The van der Waals surface area contributed by atoms with Crippen LogP contribution in [0.15, 0.2) is 35.3 Å². The van der Waals surface area contributed by atoms with E-state index in [4.69, 9.17) is 4.74 Å². The first-order valence-electron chi connectivity index (χ1n) is 7.89. The lowest BCUT2D eigenvalue weighted by atomic mass is 9.93. The molecule has 3 nitrogen and oxygen atoms in total. The number of nitrogens with zero attached hydrogens (tertiary/aromatic N) is 1. The van der Waals surface area contributed by atoms with E-state index in [-0.39, 0.29) is 0 Å². The third-order valence-electron chi connectivity index (χ3n) is 4.27. The van der Waals surface area contributed by atoms with Crippen LogP contribution in [0.2, 0.25) is 0 Å². The Kier molecular flexibility index (Phi) is 4.69. The molecule has 1 aliphatic heterocycles. The number of aliphatic imine (C=N–C) groups is 1. The van der Waals surface area contributed by atoms with Gasteiger partial charge in [-0.2, -0.15) is 0 Å². The van der Waals surface area contributed by atoms with E-state index in [9.17, 15) is 0 Å². The Morgan fingerprint density at radius 1 is 1.15 bits per heavy atom. The molecule has 1 atom stereocenters. The fourth-order valence-corrected chi connectivity index (χ4v) is 3.19. The Bertz CT molecular complexity index is 438. The molecular formula is C17H24N2O. The molecule has 3 heteroatoms. The Morgan fingerprint density at radius 3 is 2.65 bits per heavy atom. The van der Waals surface area contributed by atoms with Gasteiger partial charge in [0.2, 0.25) is 0 Å². The zero-order valence-corrected chi connectivity index (χ0v) is 12.1. The van der Waals surface area contributed by atoms with E-state index in [0.717, 1.165) is 25.5 Å². The molecule has 1 aromatic carbocycles. The number of ether oxygens (including phenoxy) is 1. The van der Waals surface area contributed by atoms with Gasteiger partial charge in [0, 0.05) is 18.5 Å². The van der Waals surface area contributed by atoms with Crippen molar-refractivity contribution in [1.82, 2.24) is 5.32 Å². The lowest BCUT2D eigenvalue weighted by molar-refractivity contribution is 0.311. The van der Waals surface area contributed by atoms with Gasteiger partial charge in [-0.25, -0.2) is 0 Å². The van der Waals surface area contributed by atoms with Crippen molar-refractivity contribution in [2.75, 3.05) is 13.2 Å². The summed E-state index contributed by atoms with van der Waals surface area (Å²) in [6.07, 6.45) is 7.59. The predicted molar refractivity (Wildman–Crippen MR) is 82.1 cm³/mol. The van der Waals surface area contributed by atoms with Crippen LogP contribution in [0.5, 0.6) is 0 Å². The van der Waals surface area contributed by atoms with Crippen LogP contribution in [0.25, 0.3) is 0 Å². The van der Waals surface area contributed by atoms with Crippen LogP contribution in [0.1, 0.15) is 50.1 Å². The van der Waals surface area contributed by atoms with Crippen LogP contribution in [0.3, 0.4) is 0 Å². The molecule has 20 heavy (non-hydrogen) atoms. The van der Waals surface area contributed by atoms with Crippen molar-refractivity contribution < 1.29 is 4.74 Å². The maximum Gasteiger partial charge on any atom is 0.185 e. The summed E-state index contributed by atoms with van der Waals surface area (Å²) in [5.74, 6) is 0.919. The molecule has 2 aliphatic rings. The molecule has 0 spiro atoms. The summed E-state index contributed by atoms with van der Waals surface area (Å²) in [4.78, 5) is 4.45. The second-order valence-electron chi connectivity index (χ2n) is 5.79. The monoisotopic (exact) mass is 272 g/mol. The van der Waals surface area contributed by atoms with Gasteiger partial charge >= 0.3 is 0 Å². The van der Waals surface area contributed by atoms with Crippen LogP contribution in [0, 0.1) is 0 Å². The van der Waals surface area contributed by atoms with Crippen LogP contribution < -0.4 is 5.32 Å². The predicted octanol–water partition coefficient (Wildman–Crippen LogP) is 3.47. The summed E-state index contributed by atoms with van der Waals surface area (Å²) in [7, 11) is 0. The summed E-state index contributed by atoms with van der Waals surface area (Å²) in [5, 5.41) is 3.84. The Balaban J connectivity index is 1.68. The molecule has 1 aliphatic carbocycles. The highest BCUT2D eigenvalue weighted by Gasteiger charge is 2.22. The Hall–Kier alpha value is -1.35. The zero-order valence-electron chi connectivity index (χ0n) is 12.1. The van der Waals surface area contributed by atoms with Gasteiger partial charge in [0.05, 0.1) is 6.54 Å². The minimum Gasteiger partial charge on any atom is -0.479 e. The quantitative estimate of drug-likeness (QED) is 0.890. The van der Waals surface area contributed by atoms with E-state index in [1.165, 1.54) is 37.7 Å². The largest absolute Gasteiger partial charge is 0.479 e. The van der Waals surface area contributed by atoms with E-state index < -0.39 is 0 Å². The SMILES string of the molecule is c1ccc([C@@H](CC2=NCCO2)NC2CCCCC2)cc1.